The van der Waals surface area contributed by atoms with Crippen LogP contribution in [0.2, 0.25) is 0 Å². The average Bonchev–Trinajstić information content (AvgIpc) is 2.62. The van der Waals surface area contributed by atoms with Crippen LogP contribution in [0.4, 0.5) is 0 Å². The summed E-state index contributed by atoms with van der Waals surface area (Å²) in [6.07, 6.45) is 1.22. The molecule has 1 aliphatic heterocycles. The summed E-state index contributed by atoms with van der Waals surface area (Å²) in [6, 6.07) is 11.2. The van der Waals surface area contributed by atoms with E-state index in [1.165, 1.54) is 12.0 Å². The van der Waals surface area contributed by atoms with E-state index in [4.69, 9.17) is 4.74 Å². The molecule has 3 nitrogen and oxygen atoms in total. The minimum atomic E-state index is 0.480. The van der Waals surface area contributed by atoms with Crippen LogP contribution in [0.3, 0.4) is 0 Å². The van der Waals surface area contributed by atoms with Gasteiger partial charge in [-0.25, -0.2) is 0 Å². The second kappa shape index (κ2) is 6.74. The molecule has 0 saturated carbocycles. The van der Waals surface area contributed by atoms with E-state index < -0.39 is 0 Å². The zero-order chi connectivity index (χ0) is 11.9. The Labute approximate surface area is 104 Å². The topological polar surface area (TPSA) is 24.5 Å². The number of ether oxygens (including phenoxy) is 1. The molecule has 2 rings (SSSR count). The molecule has 1 atom stereocenters. The van der Waals surface area contributed by atoms with Gasteiger partial charge >= 0.3 is 0 Å². The summed E-state index contributed by atoms with van der Waals surface area (Å²) < 4.78 is 5.21. The Hall–Kier alpha value is -0.900. The fourth-order valence-corrected chi connectivity index (χ4v) is 2.41. The van der Waals surface area contributed by atoms with Gasteiger partial charge in [-0.05, 0) is 18.5 Å². The fourth-order valence-electron chi connectivity index (χ4n) is 2.41. The molecule has 0 aromatic heterocycles. The lowest BCUT2D eigenvalue weighted by Crippen LogP contribution is -2.35. The summed E-state index contributed by atoms with van der Waals surface area (Å²) in [5.74, 6) is 0. The monoisotopic (exact) mass is 234 g/mol. The highest BCUT2D eigenvalue weighted by atomic mass is 16.5. The summed E-state index contributed by atoms with van der Waals surface area (Å²) in [5, 5.41) is 3.52. The van der Waals surface area contributed by atoms with E-state index in [1.807, 2.05) is 0 Å². The molecule has 17 heavy (non-hydrogen) atoms. The maximum absolute atomic E-state index is 5.21. The maximum Gasteiger partial charge on any atom is 0.0589 e. The van der Waals surface area contributed by atoms with Crippen molar-refractivity contribution in [1.82, 2.24) is 10.2 Å². The minimum Gasteiger partial charge on any atom is -0.383 e. The van der Waals surface area contributed by atoms with Crippen LogP contribution in [-0.2, 0) is 4.74 Å². The molecule has 1 saturated heterocycles. The van der Waals surface area contributed by atoms with Crippen LogP contribution in [0.15, 0.2) is 30.3 Å². The number of methoxy groups -OCH3 is 1. The molecule has 3 heteroatoms. The molecular formula is C14H22N2O. The number of rotatable bonds is 4. The molecule has 0 bridgehead atoms. The van der Waals surface area contributed by atoms with Crippen LogP contribution in [0.1, 0.15) is 18.0 Å². The van der Waals surface area contributed by atoms with Crippen LogP contribution >= 0.6 is 0 Å². The number of benzene rings is 1. The van der Waals surface area contributed by atoms with Crippen molar-refractivity contribution >= 4 is 0 Å². The second-order valence-electron chi connectivity index (χ2n) is 4.51. The van der Waals surface area contributed by atoms with Crippen molar-refractivity contribution in [1.29, 1.82) is 0 Å². The van der Waals surface area contributed by atoms with Gasteiger partial charge < -0.3 is 10.1 Å². The van der Waals surface area contributed by atoms with Crippen LogP contribution < -0.4 is 5.32 Å². The third-order valence-corrected chi connectivity index (χ3v) is 3.34. The molecule has 0 radical (unpaired) electrons. The molecule has 1 aromatic rings. The van der Waals surface area contributed by atoms with Crippen molar-refractivity contribution in [3.63, 3.8) is 0 Å². The van der Waals surface area contributed by atoms with Crippen molar-refractivity contribution in [3.05, 3.63) is 35.9 Å². The highest BCUT2D eigenvalue weighted by Gasteiger charge is 2.21. The van der Waals surface area contributed by atoms with Gasteiger partial charge in [-0.2, -0.15) is 0 Å². The molecule has 0 aliphatic carbocycles. The predicted molar refractivity (Wildman–Crippen MR) is 70.1 cm³/mol. The van der Waals surface area contributed by atoms with Crippen LogP contribution in [-0.4, -0.2) is 44.8 Å². The second-order valence-corrected chi connectivity index (χ2v) is 4.51. The van der Waals surface area contributed by atoms with Gasteiger partial charge in [0.1, 0.15) is 0 Å². The maximum atomic E-state index is 5.21. The molecule has 1 aromatic carbocycles. The third-order valence-electron chi connectivity index (χ3n) is 3.34. The summed E-state index contributed by atoms with van der Waals surface area (Å²) in [4.78, 5) is 2.53. The fraction of sp³-hybridized carbons (Fsp3) is 0.571. The van der Waals surface area contributed by atoms with Crippen molar-refractivity contribution in [2.45, 2.75) is 12.5 Å². The first-order valence-electron chi connectivity index (χ1n) is 6.40. The number of nitrogens with zero attached hydrogens (tertiary/aromatic N) is 1. The van der Waals surface area contributed by atoms with Gasteiger partial charge in [-0.15, -0.1) is 0 Å². The average molecular weight is 234 g/mol. The van der Waals surface area contributed by atoms with Crippen LogP contribution in [0, 0.1) is 0 Å². The van der Waals surface area contributed by atoms with Crippen LogP contribution in [0.5, 0.6) is 0 Å². The molecule has 0 amide bonds. The standard InChI is InChI=1S/C14H22N2O/c1-17-11-10-16-9-5-8-15-12-14(16)13-6-3-2-4-7-13/h2-4,6-7,14-15H,5,8-12H2,1H3. The van der Waals surface area contributed by atoms with Gasteiger partial charge in [-0.1, -0.05) is 30.3 Å². The molecule has 1 N–H and O–H groups in total. The summed E-state index contributed by atoms with van der Waals surface area (Å²) in [7, 11) is 1.77. The van der Waals surface area contributed by atoms with Gasteiger partial charge in [0.15, 0.2) is 0 Å². The van der Waals surface area contributed by atoms with Crippen molar-refractivity contribution in [2.75, 3.05) is 39.9 Å². The molecule has 1 heterocycles. The first-order valence-corrected chi connectivity index (χ1v) is 6.40. The summed E-state index contributed by atoms with van der Waals surface area (Å²) >= 11 is 0. The Kier molecular flexibility index (Phi) is 4.98. The first-order chi connectivity index (χ1) is 8.42. The molecular weight excluding hydrogens is 212 g/mol. The smallest absolute Gasteiger partial charge is 0.0589 e. The summed E-state index contributed by atoms with van der Waals surface area (Å²) in [5.41, 5.74) is 1.40. The molecule has 0 spiro atoms. The highest BCUT2D eigenvalue weighted by molar-refractivity contribution is 5.19. The largest absolute Gasteiger partial charge is 0.383 e. The lowest BCUT2D eigenvalue weighted by molar-refractivity contribution is 0.125. The molecule has 1 aliphatic rings. The van der Waals surface area contributed by atoms with Gasteiger partial charge in [-0.3, -0.25) is 4.90 Å². The number of hydrogen-bond donors (Lipinski definition) is 1. The normalized spacial score (nSPS) is 22.3. The van der Waals surface area contributed by atoms with Crippen molar-refractivity contribution in [2.24, 2.45) is 0 Å². The summed E-state index contributed by atoms with van der Waals surface area (Å²) in [6.45, 7) is 5.12. The zero-order valence-electron chi connectivity index (χ0n) is 10.6. The highest BCUT2D eigenvalue weighted by Crippen LogP contribution is 2.21. The van der Waals surface area contributed by atoms with E-state index >= 15 is 0 Å². The van der Waals surface area contributed by atoms with E-state index in [0.717, 1.165) is 32.8 Å². The first kappa shape index (κ1) is 12.6. The predicted octanol–water partition coefficient (Wildman–Crippen LogP) is 1.67. The van der Waals surface area contributed by atoms with Gasteiger partial charge in [0.25, 0.3) is 0 Å². The lowest BCUT2D eigenvalue weighted by atomic mass is 10.1. The minimum absolute atomic E-state index is 0.480. The lowest BCUT2D eigenvalue weighted by Gasteiger charge is -2.29. The quantitative estimate of drug-likeness (QED) is 0.857. The Morgan fingerprint density at radius 1 is 1.35 bits per heavy atom. The Bertz CT molecular complexity index is 315. The Morgan fingerprint density at radius 2 is 2.18 bits per heavy atom. The zero-order valence-corrected chi connectivity index (χ0v) is 10.6. The van der Waals surface area contributed by atoms with Gasteiger partial charge in [0.2, 0.25) is 0 Å². The van der Waals surface area contributed by atoms with E-state index in [-0.39, 0.29) is 0 Å². The molecule has 1 unspecified atom stereocenters. The van der Waals surface area contributed by atoms with Crippen molar-refractivity contribution in [3.8, 4) is 0 Å². The molecule has 1 fully saturated rings. The van der Waals surface area contributed by atoms with E-state index in [2.05, 4.69) is 40.5 Å². The molecule has 94 valence electrons. The van der Waals surface area contributed by atoms with E-state index in [9.17, 15) is 0 Å². The number of hydrogen-bond acceptors (Lipinski definition) is 3. The van der Waals surface area contributed by atoms with Crippen molar-refractivity contribution < 1.29 is 4.74 Å². The number of nitrogens with one attached hydrogen (secondary N) is 1. The van der Waals surface area contributed by atoms with Gasteiger partial charge in [0, 0.05) is 32.8 Å². The van der Waals surface area contributed by atoms with Gasteiger partial charge in [0.05, 0.1) is 6.61 Å². The third kappa shape index (κ3) is 3.53. The van der Waals surface area contributed by atoms with E-state index in [0.29, 0.717) is 6.04 Å². The van der Waals surface area contributed by atoms with E-state index in [1.54, 1.807) is 7.11 Å². The Morgan fingerprint density at radius 3 is 2.94 bits per heavy atom. The van der Waals surface area contributed by atoms with Crippen LogP contribution in [0.25, 0.3) is 0 Å². The SMILES string of the molecule is COCCN1CCCNCC1c1ccccc1. The Balaban J connectivity index is 2.08.